The number of hydrogen-bond acceptors (Lipinski definition) is 7. The summed E-state index contributed by atoms with van der Waals surface area (Å²) in [5, 5.41) is 9.13. The van der Waals surface area contributed by atoms with Gasteiger partial charge in [-0.2, -0.15) is 0 Å². The molecular formula is C18H32O7. The molecule has 1 N–H and O–H groups in total. The standard InChI is InChI=1S/C18H32O7/c1-13-17(23-13,11-21-3)8-15-18(25-15,12-22-4)9-14-16(24-14,10-20-2)6-5-7-19/h13-15,19H,5-12H2,1-4H3/t13?,14-,15-,16+,17+,18+/m1/s1. The molecule has 3 aliphatic heterocycles. The Kier molecular flexibility index (Phi) is 5.75. The molecule has 7 nitrogen and oxygen atoms in total. The molecule has 0 aromatic rings. The smallest absolute Gasteiger partial charge is 0.121 e. The Morgan fingerprint density at radius 3 is 1.84 bits per heavy atom. The van der Waals surface area contributed by atoms with Gasteiger partial charge in [-0.05, 0) is 19.8 Å². The van der Waals surface area contributed by atoms with Crippen molar-refractivity contribution in [1.29, 1.82) is 0 Å². The number of hydrogen-bond donors (Lipinski definition) is 1. The maximum atomic E-state index is 9.13. The molecule has 3 rings (SSSR count). The van der Waals surface area contributed by atoms with Crippen LogP contribution in [-0.2, 0) is 28.4 Å². The van der Waals surface area contributed by atoms with Crippen LogP contribution in [0.2, 0.25) is 0 Å². The minimum Gasteiger partial charge on any atom is -0.396 e. The summed E-state index contributed by atoms with van der Waals surface area (Å²) in [6.07, 6.45) is 3.47. The van der Waals surface area contributed by atoms with E-state index in [0.29, 0.717) is 26.2 Å². The van der Waals surface area contributed by atoms with Gasteiger partial charge < -0.3 is 33.5 Å². The molecule has 3 aliphatic rings. The maximum absolute atomic E-state index is 9.13. The highest BCUT2D eigenvalue weighted by Gasteiger charge is 2.68. The van der Waals surface area contributed by atoms with Gasteiger partial charge in [0.2, 0.25) is 0 Å². The van der Waals surface area contributed by atoms with Gasteiger partial charge in [0.05, 0.1) is 38.1 Å². The maximum Gasteiger partial charge on any atom is 0.121 e. The predicted molar refractivity (Wildman–Crippen MR) is 89.7 cm³/mol. The number of aliphatic hydroxyl groups is 1. The van der Waals surface area contributed by atoms with E-state index in [2.05, 4.69) is 6.92 Å². The van der Waals surface area contributed by atoms with E-state index in [1.165, 1.54) is 0 Å². The van der Waals surface area contributed by atoms with Crippen molar-refractivity contribution in [3.63, 3.8) is 0 Å². The molecule has 146 valence electrons. The van der Waals surface area contributed by atoms with Gasteiger partial charge in [0.1, 0.15) is 16.8 Å². The lowest BCUT2D eigenvalue weighted by Gasteiger charge is -2.15. The van der Waals surface area contributed by atoms with Gasteiger partial charge in [0.15, 0.2) is 0 Å². The minimum absolute atomic E-state index is 0.0788. The first kappa shape index (κ1) is 19.5. The lowest BCUT2D eigenvalue weighted by atomic mass is 9.88. The summed E-state index contributed by atoms with van der Waals surface area (Å²) in [5.74, 6) is 0. The highest BCUT2D eigenvalue weighted by molar-refractivity contribution is 5.16. The fourth-order valence-corrected chi connectivity index (χ4v) is 4.22. The number of rotatable bonds is 13. The van der Waals surface area contributed by atoms with Crippen molar-refractivity contribution < 1.29 is 33.5 Å². The summed E-state index contributed by atoms with van der Waals surface area (Å²) in [6, 6.07) is 0. The van der Waals surface area contributed by atoms with Crippen molar-refractivity contribution in [3.8, 4) is 0 Å². The third-order valence-electron chi connectivity index (χ3n) is 5.89. The number of methoxy groups -OCH3 is 3. The number of ether oxygens (including phenoxy) is 6. The van der Waals surface area contributed by atoms with E-state index in [1.807, 2.05) is 0 Å². The van der Waals surface area contributed by atoms with E-state index in [4.69, 9.17) is 33.5 Å². The van der Waals surface area contributed by atoms with E-state index in [1.54, 1.807) is 21.3 Å². The zero-order valence-corrected chi connectivity index (χ0v) is 15.8. The first-order valence-electron chi connectivity index (χ1n) is 9.11. The second-order valence-corrected chi connectivity index (χ2v) is 7.70. The normalized spacial score (nSPS) is 44.8. The molecule has 0 radical (unpaired) electrons. The van der Waals surface area contributed by atoms with Crippen molar-refractivity contribution in [3.05, 3.63) is 0 Å². The molecule has 1 unspecified atom stereocenters. The van der Waals surface area contributed by atoms with Gasteiger partial charge in [-0.15, -0.1) is 0 Å². The summed E-state index contributed by atoms with van der Waals surface area (Å²) in [7, 11) is 5.08. The summed E-state index contributed by atoms with van der Waals surface area (Å²) in [5.41, 5.74) is -0.831. The molecule has 25 heavy (non-hydrogen) atoms. The fraction of sp³-hybridized carbons (Fsp3) is 1.00. The van der Waals surface area contributed by atoms with E-state index in [9.17, 15) is 0 Å². The quantitative estimate of drug-likeness (QED) is 0.489. The monoisotopic (exact) mass is 360 g/mol. The molecular weight excluding hydrogens is 328 g/mol. The SMILES string of the molecule is COC[C@]1(C[C@H]2O[C@]2(COC)C[C@H]2O[C@@]2(CCCO)COC)OC1C. The molecule has 7 heteroatoms. The van der Waals surface area contributed by atoms with Crippen molar-refractivity contribution >= 4 is 0 Å². The molecule has 3 saturated heterocycles. The minimum atomic E-state index is -0.319. The van der Waals surface area contributed by atoms with Crippen molar-refractivity contribution in [1.82, 2.24) is 0 Å². The van der Waals surface area contributed by atoms with Crippen molar-refractivity contribution in [2.45, 2.75) is 67.7 Å². The molecule has 0 amide bonds. The van der Waals surface area contributed by atoms with Gasteiger partial charge in [-0.1, -0.05) is 0 Å². The van der Waals surface area contributed by atoms with Crippen LogP contribution in [0.25, 0.3) is 0 Å². The van der Waals surface area contributed by atoms with Gasteiger partial charge in [-0.3, -0.25) is 0 Å². The van der Waals surface area contributed by atoms with Gasteiger partial charge in [0.25, 0.3) is 0 Å². The van der Waals surface area contributed by atoms with Gasteiger partial charge >= 0.3 is 0 Å². The lowest BCUT2D eigenvalue weighted by Crippen LogP contribution is -2.32. The first-order valence-corrected chi connectivity index (χ1v) is 9.11. The highest BCUT2D eigenvalue weighted by atomic mass is 16.7. The summed E-state index contributed by atoms with van der Waals surface area (Å²) in [6.45, 7) is 3.90. The molecule has 0 bridgehead atoms. The first-order chi connectivity index (χ1) is 12.0. The second kappa shape index (κ2) is 7.38. The van der Waals surface area contributed by atoms with Crippen molar-refractivity contribution in [2.24, 2.45) is 0 Å². The zero-order chi connectivity index (χ0) is 18.1. The molecule has 0 aliphatic carbocycles. The van der Waals surface area contributed by atoms with Crippen LogP contribution in [-0.4, -0.2) is 88.0 Å². The largest absolute Gasteiger partial charge is 0.396 e. The molecule has 3 heterocycles. The molecule has 0 aromatic heterocycles. The van der Waals surface area contributed by atoms with Crippen LogP contribution in [0.3, 0.4) is 0 Å². The Morgan fingerprint density at radius 2 is 1.28 bits per heavy atom. The van der Waals surface area contributed by atoms with Crippen LogP contribution in [0, 0.1) is 0 Å². The van der Waals surface area contributed by atoms with Crippen LogP contribution in [0.1, 0.15) is 32.6 Å². The average molecular weight is 360 g/mol. The topological polar surface area (TPSA) is 85.5 Å². The van der Waals surface area contributed by atoms with Crippen LogP contribution in [0.5, 0.6) is 0 Å². The van der Waals surface area contributed by atoms with Crippen molar-refractivity contribution in [2.75, 3.05) is 47.8 Å². The lowest BCUT2D eigenvalue weighted by molar-refractivity contribution is 0.108. The third kappa shape index (κ3) is 3.88. The Bertz CT molecular complexity index is 461. The molecule has 0 spiro atoms. The zero-order valence-electron chi connectivity index (χ0n) is 15.8. The predicted octanol–water partition coefficient (Wildman–Crippen LogP) is 0.911. The van der Waals surface area contributed by atoms with E-state index in [-0.39, 0.29) is 41.7 Å². The molecule has 6 atom stereocenters. The Morgan fingerprint density at radius 1 is 0.800 bits per heavy atom. The summed E-state index contributed by atoms with van der Waals surface area (Å²) < 4.78 is 34.0. The fourth-order valence-electron chi connectivity index (χ4n) is 4.22. The van der Waals surface area contributed by atoms with Crippen LogP contribution in [0.15, 0.2) is 0 Å². The highest BCUT2D eigenvalue weighted by Crippen LogP contribution is 2.55. The van der Waals surface area contributed by atoms with E-state index >= 15 is 0 Å². The van der Waals surface area contributed by atoms with E-state index in [0.717, 1.165) is 19.3 Å². The Hall–Kier alpha value is -0.280. The molecule has 3 fully saturated rings. The summed E-state index contributed by atoms with van der Waals surface area (Å²) >= 11 is 0. The number of aliphatic hydroxyl groups excluding tert-OH is 1. The number of epoxide rings is 3. The van der Waals surface area contributed by atoms with Crippen LogP contribution in [0.4, 0.5) is 0 Å². The Balaban J connectivity index is 1.58. The van der Waals surface area contributed by atoms with Gasteiger partial charge in [-0.25, -0.2) is 0 Å². The second-order valence-electron chi connectivity index (χ2n) is 7.70. The average Bonchev–Trinajstić information content (AvgIpc) is 3.50. The van der Waals surface area contributed by atoms with E-state index < -0.39 is 0 Å². The third-order valence-corrected chi connectivity index (χ3v) is 5.89. The van der Waals surface area contributed by atoms with Gasteiger partial charge in [0, 0.05) is 40.8 Å². The van der Waals surface area contributed by atoms with Crippen LogP contribution < -0.4 is 0 Å². The molecule has 0 aromatic carbocycles. The molecule has 0 saturated carbocycles. The summed E-state index contributed by atoms with van der Waals surface area (Å²) in [4.78, 5) is 0. The Labute approximate surface area is 149 Å². The van der Waals surface area contributed by atoms with Crippen LogP contribution >= 0.6 is 0 Å².